The Labute approximate surface area is 83.5 Å². The molecule has 0 bridgehead atoms. The molecular formula is C10H15N3O. The molecule has 0 atom stereocenters. The van der Waals surface area contributed by atoms with E-state index in [4.69, 9.17) is 0 Å². The molecule has 0 aromatic carbocycles. The van der Waals surface area contributed by atoms with Crippen LogP contribution >= 0.6 is 0 Å². The van der Waals surface area contributed by atoms with Gasteiger partial charge in [-0.05, 0) is 6.07 Å². The average Bonchev–Trinajstić information content (AvgIpc) is 2.52. The normalized spacial score (nSPS) is 13.9. The van der Waals surface area contributed by atoms with Gasteiger partial charge in [0.2, 0.25) is 5.56 Å². The zero-order valence-corrected chi connectivity index (χ0v) is 8.47. The Bertz CT molecular complexity index is 318. The zero-order chi connectivity index (χ0) is 10.4. The highest BCUT2D eigenvalue weighted by Gasteiger charge is 1.99. The third-order valence-corrected chi connectivity index (χ3v) is 1.70. The largest absolute Gasteiger partial charge is 0.362 e. The van der Waals surface area contributed by atoms with E-state index in [0.29, 0.717) is 0 Å². The second kappa shape index (κ2) is 5.11. The Morgan fingerprint density at radius 2 is 1.86 bits per heavy atom. The van der Waals surface area contributed by atoms with Gasteiger partial charge in [-0.25, -0.2) is 0 Å². The molecule has 1 N–H and O–H groups in total. The predicted octanol–water partition coefficient (Wildman–Crippen LogP) is 0.667. The van der Waals surface area contributed by atoms with E-state index in [1.54, 1.807) is 18.3 Å². The van der Waals surface area contributed by atoms with Crippen molar-refractivity contribution in [2.45, 2.75) is 0 Å². The Morgan fingerprint density at radius 3 is 2.07 bits per heavy atom. The summed E-state index contributed by atoms with van der Waals surface area (Å²) in [6.07, 6.45) is 5.71. The van der Waals surface area contributed by atoms with Gasteiger partial charge in [-0.15, -0.1) is 0 Å². The molecule has 0 unspecified atom stereocenters. The van der Waals surface area contributed by atoms with Crippen molar-refractivity contribution in [3.05, 3.63) is 47.1 Å². The topological polar surface area (TPSA) is 39.3 Å². The van der Waals surface area contributed by atoms with E-state index in [-0.39, 0.29) is 5.56 Å². The number of hydrogen-bond acceptors (Lipinski definition) is 3. The molecule has 0 radical (unpaired) electrons. The Balaban J connectivity index is 0.000000140. The Kier molecular flexibility index (Phi) is 3.79. The van der Waals surface area contributed by atoms with E-state index in [1.165, 1.54) is 6.07 Å². The van der Waals surface area contributed by atoms with Gasteiger partial charge in [0, 0.05) is 38.8 Å². The van der Waals surface area contributed by atoms with E-state index in [9.17, 15) is 4.79 Å². The number of H-pyrrole nitrogens is 1. The summed E-state index contributed by atoms with van der Waals surface area (Å²) in [5.41, 5.74) is -0.0532. The number of rotatable bonds is 0. The van der Waals surface area contributed by atoms with Crippen molar-refractivity contribution in [3.8, 4) is 0 Å². The maximum absolute atomic E-state index is 10.2. The SMILES string of the molecule is CN1C=CN(C)C1.O=c1cccc[nH]1. The lowest BCUT2D eigenvalue weighted by molar-refractivity contribution is 0.340. The van der Waals surface area contributed by atoms with Gasteiger partial charge in [0.1, 0.15) is 0 Å². The minimum absolute atomic E-state index is 0.0532. The quantitative estimate of drug-likeness (QED) is 0.658. The van der Waals surface area contributed by atoms with Crippen LogP contribution in [0.4, 0.5) is 0 Å². The fourth-order valence-electron chi connectivity index (χ4n) is 1.05. The lowest BCUT2D eigenvalue weighted by Gasteiger charge is -2.10. The van der Waals surface area contributed by atoms with Crippen molar-refractivity contribution < 1.29 is 0 Å². The molecule has 1 aliphatic heterocycles. The highest BCUT2D eigenvalue weighted by Crippen LogP contribution is 1.97. The van der Waals surface area contributed by atoms with Gasteiger partial charge in [-0.1, -0.05) is 6.07 Å². The standard InChI is InChI=1S/C5H10N2.C5H5NO/c1-6-3-4-7(2)5-6;7-5-3-1-2-4-6-5/h3-4H,5H2,1-2H3;1-4H,(H,6,7). The summed E-state index contributed by atoms with van der Waals surface area (Å²) < 4.78 is 0. The van der Waals surface area contributed by atoms with Crippen LogP contribution in [0, 0.1) is 0 Å². The highest BCUT2D eigenvalue weighted by molar-refractivity contribution is 4.89. The average molecular weight is 193 g/mol. The fraction of sp³-hybridized carbons (Fsp3) is 0.300. The van der Waals surface area contributed by atoms with E-state index < -0.39 is 0 Å². The summed E-state index contributed by atoms with van der Waals surface area (Å²) in [6.45, 7) is 1.03. The maximum Gasteiger partial charge on any atom is 0.247 e. The molecule has 0 saturated carbocycles. The molecule has 4 heteroatoms. The smallest absolute Gasteiger partial charge is 0.247 e. The van der Waals surface area contributed by atoms with Gasteiger partial charge in [-0.2, -0.15) is 0 Å². The van der Waals surface area contributed by atoms with Crippen molar-refractivity contribution in [1.29, 1.82) is 0 Å². The van der Waals surface area contributed by atoms with Crippen LogP contribution in [0.3, 0.4) is 0 Å². The lowest BCUT2D eigenvalue weighted by Crippen LogP contribution is -2.17. The first kappa shape index (κ1) is 10.4. The highest BCUT2D eigenvalue weighted by atomic mass is 16.1. The van der Waals surface area contributed by atoms with Gasteiger partial charge in [0.15, 0.2) is 0 Å². The van der Waals surface area contributed by atoms with Gasteiger partial charge >= 0.3 is 0 Å². The molecule has 2 rings (SSSR count). The van der Waals surface area contributed by atoms with Crippen LogP contribution < -0.4 is 5.56 Å². The lowest BCUT2D eigenvalue weighted by atomic mass is 10.5. The monoisotopic (exact) mass is 193 g/mol. The summed E-state index contributed by atoms with van der Waals surface area (Å²) in [5.74, 6) is 0. The van der Waals surface area contributed by atoms with Crippen LogP contribution in [0.2, 0.25) is 0 Å². The van der Waals surface area contributed by atoms with E-state index >= 15 is 0 Å². The predicted molar refractivity (Wildman–Crippen MR) is 56.6 cm³/mol. The Morgan fingerprint density at radius 1 is 1.21 bits per heavy atom. The van der Waals surface area contributed by atoms with Crippen LogP contribution in [0.25, 0.3) is 0 Å². The molecule has 0 fully saturated rings. The molecule has 1 aromatic rings. The molecule has 0 amide bonds. The van der Waals surface area contributed by atoms with Crippen molar-refractivity contribution >= 4 is 0 Å². The summed E-state index contributed by atoms with van der Waals surface area (Å²) in [4.78, 5) is 16.9. The summed E-state index contributed by atoms with van der Waals surface area (Å²) in [5, 5.41) is 0. The van der Waals surface area contributed by atoms with Crippen LogP contribution in [0.1, 0.15) is 0 Å². The number of aromatic amines is 1. The molecule has 14 heavy (non-hydrogen) atoms. The molecular weight excluding hydrogens is 178 g/mol. The molecule has 4 nitrogen and oxygen atoms in total. The van der Waals surface area contributed by atoms with Crippen molar-refractivity contribution in [1.82, 2.24) is 14.8 Å². The maximum atomic E-state index is 10.2. The second-order valence-corrected chi connectivity index (χ2v) is 3.18. The Hall–Kier alpha value is -1.71. The minimum Gasteiger partial charge on any atom is -0.362 e. The van der Waals surface area contributed by atoms with E-state index in [2.05, 4.69) is 41.3 Å². The number of aromatic nitrogens is 1. The summed E-state index contributed by atoms with van der Waals surface area (Å²) in [7, 11) is 4.11. The van der Waals surface area contributed by atoms with Crippen LogP contribution in [-0.2, 0) is 0 Å². The number of nitrogens with one attached hydrogen (secondary N) is 1. The van der Waals surface area contributed by atoms with Crippen molar-refractivity contribution in [2.24, 2.45) is 0 Å². The third kappa shape index (κ3) is 3.80. The summed E-state index contributed by atoms with van der Waals surface area (Å²) >= 11 is 0. The summed E-state index contributed by atoms with van der Waals surface area (Å²) in [6, 6.07) is 4.93. The van der Waals surface area contributed by atoms with Crippen molar-refractivity contribution in [2.75, 3.05) is 20.8 Å². The third-order valence-electron chi connectivity index (χ3n) is 1.70. The molecule has 2 heterocycles. The molecule has 0 saturated heterocycles. The number of hydrogen-bond donors (Lipinski definition) is 1. The molecule has 0 aliphatic carbocycles. The fourth-order valence-corrected chi connectivity index (χ4v) is 1.05. The number of nitrogens with zero attached hydrogens (tertiary/aromatic N) is 2. The van der Waals surface area contributed by atoms with E-state index in [1.807, 2.05) is 0 Å². The first-order valence-electron chi connectivity index (χ1n) is 4.41. The second-order valence-electron chi connectivity index (χ2n) is 3.18. The van der Waals surface area contributed by atoms with Gasteiger partial charge in [0.25, 0.3) is 0 Å². The van der Waals surface area contributed by atoms with Crippen LogP contribution in [-0.4, -0.2) is 35.5 Å². The number of pyridine rings is 1. The first-order valence-corrected chi connectivity index (χ1v) is 4.41. The minimum atomic E-state index is -0.0532. The van der Waals surface area contributed by atoms with Gasteiger partial charge in [0.05, 0.1) is 6.67 Å². The molecule has 1 aromatic heterocycles. The zero-order valence-electron chi connectivity index (χ0n) is 8.47. The van der Waals surface area contributed by atoms with Gasteiger partial charge in [-0.3, -0.25) is 4.79 Å². The van der Waals surface area contributed by atoms with E-state index in [0.717, 1.165) is 6.67 Å². The molecule has 0 spiro atoms. The first-order chi connectivity index (χ1) is 6.68. The van der Waals surface area contributed by atoms with Gasteiger partial charge < -0.3 is 14.8 Å². The van der Waals surface area contributed by atoms with Crippen LogP contribution in [0.15, 0.2) is 41.6 Å². The van der Waals surface area contributed by atoms with Crippen molar-refractivity contribution in [3.63, 3.8) is 0 Å². The molecule has 76 valence electrons. The molecule has 1 aliphatic rings. The van der Waals surface area contributed by atoms with Crippen LogP contribution in [0.5, 0.6) is 0 Å².